The number of benzene rings is 2. The number of hydrazine groups is 1. The topological polar surface area (TPSA) is 145 Å². The highest BCUT2D eigenvalue weighted by atomic mass is 79.9. The molecule has 1 heterocycles. The molecule has 0 aliphatic heterocycles. The minimum atomic E-state index is -3.81. The van der Waals surface area contributed by atoms with Gasteiger partial charge in [-0.05, 0) is 48.6 Å². The zero-order chi connectivity index (χ0) is 21.2. The molecule has 9 nitrogen and oxygen atoms in total. The van der Waals surface area contributed by atoms with E-state index in [4.69, 9.17) is 23.1 Å². The minimum absolute atomic E-state index is 0.0276. The van der Waals surface area contributed by atoms with Crippen LogP contribution in [-0.4, -0.2) is 29.2 Å². The summed E-state index contributed by atoms with van der Waals surface area (Å²) in [6.45, 7) is 0. The van der Waals surface area contributed by atoms with Gasteiger partial charge in [-0.3, -0.25) is 15.6 Å². The Balaban J connectivity index is 2.05. The van der Waals surface area contributed by atoms with Gasteiger partial charge in [0.05, 0.1) is 16.1 Å². The molecular formula is C17H15BrN6O3S2. The van der Waals surface area contributed by atoms with Crippen LogP contribution in [0.3, 0.4) is 0 Å². The third-order valence-corrected chi connectivity index (χ3v) is 5.37. The van der Waals surface area contributed by atoms with Crippen molar-refractivity contribution in [2.24, 2.45) is 10.9 Å². The third-order valence-electron chi connectivity index (χ3n) is 3.81. The normalized spacial score (nSPS) is 11.1. The minimum Gasteiger partial charge on any atom is -0.375 e. The van der Waals surface area contributed by atoms with Gasteiger partial charge in [-0.15, -0.1) is 0 Å². The fourth-order valence-corrected chi connectivity index (χ4v) is 3.30. The Labute approximate surface area is 180 Å². The third kappa shape index (κ3) is 4.98. The maximum atomic E-state index is 12.6. The predicted octanol–water partition coefficient (Wildman–Crippen LogP) is 1.43. The van der Waals surface area contributed by atoms with Gasteiger partial charge in [0, 0.05) is 16.2 Å². The summed E-state index contributed by atoms with van der Waals surface area (Å²) in [6.07, 6.45) is 1.51. The lowest BCUT2D eigenvalue weighted by Gasteiger charge is -2.06. The quantitative estimate of drug-likeness (QED) is 0.317. The summed E-state index contributed by atoms with van der Waals surface area (Å²) in [7, 11) is -3.81. The number of hydrogen-bond donors (Lipinski definition) is 4. The van der Waals surface area contributed by atoms with Gasteiger partial charge >= 0.3 is 0 Å². The van der Waals surface area contributed by atoms with Gasteiger partial charge in [0.25, 0.3) is 5.91 Å². The molecule has 0 aliphatic rings. The van der Waals surface area contributed by atoms with E-state index >= 15 is 0 Å². The Morgan fingerprint density at radius 2 is 1.69 bits per heavy atom. The van der Waals surface area contributed by atoms with Gasteiger partial charge in [0.2, 0.25) is 10.0 Å². The monoisotopic (exact) mass is 494 g/mol. The maximum absolute atomic E-state index is 12.6. The molecule has 1 amide bonds. The summed E-state index contributed by atoms with van der Waals surface area (Å²) >= 11 is 8.06. The molecule has 0 radical (unpaired) electrons. The molecule has 0 fully saturated rings. The van der Waals surface area contributed by atoms with Crippen LogP contribution >= 0.6 is 28.1 Å². The molecule has 0 spiro atoms. The van der Waals surface area contributed by atoms with Crippen molar-refractivity contribution >= 4 is 49.2 Å². The highest BCUT2D eigenvalue weighted by Gasteiger charge is 2.19. The van der Waals surface area contributed by atoms with Crippen LogP contribution in [0.15, 0.2) is 64.1 Å². The van der Waals surface area contributed by atoms with Crippen LogP contribution in [0.1, 0.15) is 10.4 Å². The van der Waals surface area contributed by atoms with Crippen LogP contribution in [0, 0.1) is 0 Å². The van der Waals surface area contributed by atoms with Crippen molar-refractivity contribution in [3.63, 3.8) is 0 Å². The second-order valence-electron chi connectivity index (χ2n) is 5.83. The number of aromatic nitrogens is 2. The van der Waals surface area contributed by atoms with E-state index in [-0.39, 0.29) is 15.6 Å². The zero-order valence-corrected chi connectivity index (χ0v) is 17.9. The number of amides is 1. The van der Waals surface area contributed by atoms with Gasteiger partial charge in [0.1, 0.15) is 5.69 Å². The van der Waals surface area contributed by atoms with E-state index in [1.54, 1.807) is 12.1 Å². The molecule has 0 atom stereocenters. The molecule has 6 N–H and O–H groups in total. The first-order valence-electron chi connectivity index (χ1n) is 8.00. The second kappa shape index (κ2) is 8.29. The Hall–Kier alpha value is -2.80. The number of nitrogens with one attached hydrogen (secondary N) is 2. The second-order valence-corrected chi connectivity index (χ2v) is 8.74. The Kier molecular flexibility index (Phi) is 5.98. The zero-order valence-electron chi connectivity index (χ0n) is 14.7. The van der Waals surface area contributed by atoms with Crippen molar-refractivity contribution in [2.75, 3.05) is 0 Å². The average molecular weight is 495 g/mol. The number of sulfonamides is 1. The number of rotatable bonds is 4. The van der Waals surface area contributed by atoms with Crippen molar-refractivity contribution in [2.45, 2.75) is 4.90 Å². The average Bonchev–Trinajstić information content (AvgIpc) is 3.11. The number of primary sulfonamides is 1. The van der Waals surface area contributed by atoms with Crippen LogP contribution in [0.25, 0.3) is 16.9 Å². The van der Waals surface area contributed by atoms with Crippen LogP contribution in [0.4, 0.5) is 0 Å². The summed E-state index contributed by atoms with van der Waals surface area (Å²) in [6, 6.07) is 13.0. The summed E-state index contributed by atoms with van der Waals surface area (Å²) in [4.78, 5) is 12.6. The van der Waals surface area contributed by atoms with E-state index in [2.05, 4.69) is 31.9 Å². The summed E-state index contributed by atoms with van der Waals surface area (Å²) in [5.74, 6) is -0.497. The molecule has 0 aliphatic carbocycles. The molecule has 1 aromatic heterocycles. The van der Waals surface area contributed by atoms with Crippen LogP contribution < -0.4 is 21.7 Å². The lowest BCUT2D eigenvalue weighted by Crippen LogP contribution is -2.44. The first-order valence-corrected chi connectivity index (χ1v) is 10.7. The van der Waals surface area contributed by atoms with Crippen molar-refractivity contribution in [1.82, 2.24) is 20.6 Å². The highest BCUT2D eigenvalue weighted by molar-refractivity contribution is 9.10. The molecule has 0 bridgehead atoms. The van der Waals surface area contributed by atoms with Gasteiger partial charge in [-0.25, -0.2) is 18.2 Å². The maximum Gasteiger partial charge on any atom is 0.273 e. The van der Waals surface area contributed by atoms with E-state index in [9.17, 15) is 13.2 Å². The number of carbonyl (C=O) groups is 1. The summed E-state index contributed by atoms with van der Waals surface area (Å²) in [5, 5.41) is 9.52. The van der Waals surface area contributed by atoms with Gasteiger partial charge in [-0.1, -0.05) is 28.1 Å². The largest absolute Gasteiger partial charge is 0.375 e. The van der Waals surface area contributed by atoms with Gasteiger partial charge in [0.15, 0.2) is 5.11 Å². The number of carbonyl (C=O) groups excluding carboxylic acids is 1. The number of hydrogen-bond acceptors (Lipinski definition) is 5. The molecular weight excluding hydrogens is 480 g/mol. The van der Waals surface area contributed by atoms with Crippen LogP contribution in [0.2, 0.25) is 0 Å². The molecule has 0 saturated heterocycles. The fourth-order valence-electron chi connectivity index (χ4n) is 2.47. The number of nitrogens with two attached hydrogens (primary N) is 2. The van der Waals surface area contributed by atoms with Gasteiger partial charge < -0.3 is 5.73 Å². The molecule has 0 unspecified atom stereocenters. The standard InChI is InChI=1S/C17H15BrN6O3S2/c18-11-3-1-10(2-4-11)15-14(16(25)21-22-17(19)28)9-24(23-15)12-5-7-13(8-6-12)29(20,26)27/h1-9H,(H,21,25)(H3,19,22,28)(H2,20,26,27). The summed E-state index contributed by atoms with van der Waals surface area (Å²) in [5.41, 5.74) is 12.0. The summed E-state index contributed by atoms with van der Waals surface area (Å²) < 4.78 is 25.2. The molecule has 0 saturated carbocycles. The fraction of sp³-hybridized carbons (Fsp3) is 0. The van der Waals surface area contributed by atoms with E-state index in [0.717, 1.165) is 4.47 Å². The van der Waals surface area contributed by atoms with Crippen molar-refractivity contribution in [3.8, 4) is 16.9 Å². The number of thiocarbonyl (C=S) groups is 1. The van der Waals surface area contributed by atoms with Crippen molar-refractivity contribution in [3.05, 3.63) is 64.8 Å². The van der Waals surface area contributed by atoms with E-state index in [1.807, 2.05) is 12.1 Å². The highest BCUT2D eigenvalue weighted by Crippen LogP contribution is 2.25. The number of halogens is 1. The molecule has 29 heavy (non-hydrogen) atoms. The number of nitrogens with zero attached hydrogens (tertiary/aromatic N) is 2. The molecule has 150 valence electrons. The SMILES string of the molecule is NC(=S)NNC(=O)c1cn(-c2ccc(S(N)(=O)=O)cc2)nc1-c1ccc(Br)cc1. The Morgan fingerprint density at radius 3 is 2.24 bits per heavy atom. The van der Waals surface area contributed by atoms with Crippen LogP contribution in [-0.2, 0) is 10.0 Å². The molecule has 3 aromatic rings. The lowest BCUT2D eigenvalue weighted by atomic mass is 10.1. The van der Waals surface area contributed by atoms with Crippen molar-refractivity contribution in [1.29, 1.82) is 0 Å². The Morgan fingerprint density at radius 1 is 1.07 bits per heavy atom. The Bertz CT molecular complexity index is 1170. The van der Waals surface area contributed by atoms with E-state index in [1.165, 1.54) is 35.1 Å². The van der Waals surface area contributed by atoms with Crippen molar-refractivity contribution < 1.29 is 13.2 Å². The van der Waals surface area contributed by atoms with Gasteiger partial charge in [-0.2, -0.15) is 5.10 Å². The molecule has 2 aromatic carbocycles. The lowest BCUT2D eigenvalue weighted by molar-refractivity contribution is 0.0944. The molecule has 3 rings (SSSR count). The first kappa shape index (κ1) is 20.9. The smallest absolute Gasteiger partial charge is 0.273 e. The van der Waals surface area contributed by atoms with E-state index in [0.29, 0.717) is 16.9 Å². The van der Waals surface area contributed by atoms with E-state index < -0.39 is 15.9 Å². The molecule has 12 heteroatoms. The first-order chi connectivity index (χ1) is 13.6. The predicted molar refractivity (Wildman–Crippen MR) is 115 cm³/mol. The van der Waals surface area contributed by atoms with Crippen LogP contribution in [0.5, 0.6) is 0 Å².